The standard InChI is InChI=1S/C19H19ClFNO/c20-15-8-6-14(7-9-15)10-13-22-18(23)19(11-3-12-19)16-4-1-2-5-17(16)21/h1-2,4-9H,3,10-13H2,(H,22,23). The predicted octanol–water partition coefficient (Wildman–Crippen LogP) is 4.26. The molecule has 1 aliphatic rings. The van der Waals surface area contributed by atoms with Crippen molar-refractivity contribution in [3.05, 3.63) is 70.5 Å². The van der Waals surface area contributed by atoms with Gasteiger partial charge in [0.1, 0.15) is 5.82 Å². The average molecular weight is 332 g/mol. The summed E-state index contributed by atoms with van der Waals surface area (Å²) in [5.41, 5.74) is 0.948. The van der Waals surface area contributed by atoms with Crippen LogP contribution in [-0.2, 0) is 16.6 Å². The van der Waals surface area contributed by atoms with Crippen LogP contribution < -0.4 is 5.32 Å². The topological polar surface area (TPSA) is 29.1 Å². The van der Waals surface area contributed by atoms with Gasteiger partial charge in [-0.3, -0.25) is 4.79 Å². The molecular weight excluding hydrogens is 313 g/mol. The van der Waals surface area contributed by atoms with E-state index in [9.17, 15) is 9.18 Å². The second-order valence-electron chi connectivity index (χ2n) is 6.05. The minimum absolute atomic E-state index is 0.0668. The van der Waals surface area contributed by atoms with E-state index in [2.05, 4.69) is 5.32 Å². The van der Waals surface area contributed by atoms with Gasteiger partial charge >= 0.3 is 0 Å². The quantitative estimate of drug-likeness (QED) is 0.871. The van der Waals surface area contributed by atoms with Gasteiger partial charge in [0.2, 0.25) is 5.91 Å². The highest BCUT2D eigenvalue weighted by Gasteiger charge is 2.46. The zero-order valence-electron chi connectivity index (χ0n) is 12.8. The van der Waals surface area contributed by atoms with Crippen molar-refractivity contribution >= 4 is 17.5 Å². The fraction of sp³-hybridized carbons (Fsp3) is 0.316. The van der Waals surface area contributed by atoms with E-state index < -0.39 is 5.41 Å². The van der Waals surface area contributed by atoms with Crippen molar-refractivity contribution < 1.29 is 9.18 Å². The summed E-state index contributed by atoms with van der Waals surface area (Å²) in [6.07, 6.45) is 3.11. The van der Waals surface area contributed by atoms with Crippen LogP contribution in [0.4, 0.5) is 4.39 Å². The highest BCUT2D eigenvalue weighted by molar-refractivity contribution is 6.30. The molecule has 3 rings (SSSR count). The largest absolute Gasteiger partial charge is 0.355 e. The number of rotatable bonds is 5. The van der Waals surface area contributed by atoms with Crippen molar-refractivity contribution in [1.29, 1.82) is 0 Å². The van der Waals surface area contributed by atoms with Gasteiger partial charge in [0, 0.05) is 17.1 Å². The second-order valence-corrected chi connectivity index (χ2v) is 6.48. The zero-order chi connectivity index (χ0) is 16.3. The van der Waals surface area contributed by atoms with Gasteiger partial charge in [-0.1, -0.05) is 48.4 Å². The molecule has 0 heterocycles. The third kappa shape index (κ3) is 3.25. The molecule has 120 valence electrons. The van der Waals surface area contributed by atoms with Crippen molar-refractivity contribution in [3.8, 4) is 0 Å². The van der Waals surface area contributed by atoms with Crippen molar-refractivity contribution in [3.63, 3.8) is 0 Å². The van der Waals surface area contributed by atoms with Crippen LogP contribution in [0, 0.1) is 5.82 Å². The summed E-state index contributed by atoms with van der Waals surface area (Å²) in [4.78, 5) is 12.6. The molecule has 1 fully saturated rings. The zero-order valence-corrected chi connectivity index (χ0v) is 13.6. The van der Waals surface area contributed by atoms with E-state index in [-0.39, 0.29) is 11.7 Å². The number of hydrogen-bond donors (Lipinski definition) is 1. The van der Waals surface area contributed by atoms with Gasteiger partial charge in [0.05, 0.1) is 5.41 Å². The molecule has 0 unspecified atom stereocenters. The van der Waals surface area contributed by atoms with E-state index >= 15 is 0 Å². The minimum atomic E-state index is -0.689. The fourth-order valence-corrected chi connectivity index (χ4v) is 3.26. The van der Waals surface area contributed by atoms with Gasteiger partial charge < -0.3 is 5.32 Å². The number of halogens is 2. The van der Waals surface area contributed by atoms with Gasteiger partial charge in [-0.05, 0) is 43.0 Å². The minimum Gasteiger partial charge on any atom is -0.355 e. The Morgan fingerprint density at radius 2 is 1.83 bits per heavy atom. The number of benzene rings is 2. The third-order valence-electron chi connectivity index (χ3n) is 4.64. The van der Waals surface area contributed by atoms with Crippen LogP contribution in [0.1, 0.15) is 30.4 Å². The molecule has 0 spiro atoms. The first kappa shape index (κ1) is 16.0. The molecular formula is C19H19ClFNO. The molecule has 0 saturated heterocycles. The Bertz CT molecular complexity index is 695. The van der Waals surface area contributed by atoms with E-state index in [1.807, 2.05) is 24.3 Å². The van der Waals surface area contributed by atoms with Crippen LogP contribution in [0.3, 0.4) is 0 Å². The van der Waals surface area contributed by atoms with E-state index in [0.29, 0.717) is 30.0 Å². The molecule has 0 atom stereocenters. The maximum Gasteiger partial charge on any atom is 0.230 e. The first-order chi connectivity index (χ1) is 11.1. The van der Waals surface area contributed by atoms with Crippen molar-refractivity contribution in [2.45, 2.75) is 31.1 Å². The van der Waals surface area contributed by atoms with Gasteiger partial charge in [-0.25, -0.2) is 4.39 Å². The number of carbonyl (C=O) groups is 1. The highest BCUT2D eigenvalue weighted by atomic mass is 35.5. The summed E-state index contributed by atoms with van der Waals surface area (Å²) in [6, 6.07) is 14.2. The number of carbonyl (C=O) groups excluding carboxylic acids is 1. The fourth-order valence-electron chi connectivity index (χ4n) is 3.14. The molecule has 0 radical (unpaired) electrons. The lowest BCUT2D eigenvalue weighted by atomic mass is 9.63. The Morgan fingerprint density at radius 3 is 2.43 bits per heavy atom. The van der Waals surface area contributed by atoms with Crippen molar-refractivity contribution in [1.82, 2.24) is 5.32 Å². The summed E-state index contributed by atoms with van der Waals surface area (Å²) >= 11 is 5.86. The summed E-state index contributed by atoms with van der Waals surface area (Å²) in [7, 11) is 0. The number of hydrogen-bond acceptors (Lipinski definition) is 1. The predicted molar refractivity (Wildman–Crippen MR) is 90.1 cm³/mol. The van der Waals surface area contributed by atoms with Crippen LogP contribution >= 0.6 is 11.6 Å². The molecule has 0 aliphatic heterocycles. The van der Waals surface area contributed by atoms with Crippen LogP contribution in [-0.4, -0.2) is 12.5 Å². The monoisotopic (exact) mass is 331 g/mol. The second kappa shape index (κ2) is 6.71. The Kier molecular flexibility index (Phi) is 4.67. The third-order valence-corrected chi connectivity index (χ3v) is 4.90. The Hall–Kier alpha value is -1.87. The van der Waals surface area contributed by atoms with Crippen LogP contribution in [0.15, 0.2) is 48.5 Å². The average Bonchev–Trinajstić information content (AvgIpc) is 2.50. The summed E-state index contributed by atoms with van der Waals surface area (Å²) < 4.78 is 14.1. The molecule has 1 saturated carbocycles. The highest BCUT2D eigenvalue weighted by Crippen LogP contribution is 2.44. The van der Waals surface area contributed by atoms with Gasteiger partial charge in [-0.2, -0.15) is 0 Å². The first-order valence-electron chi connectivity index (χ1n) is 7.90. The number of nitrogens with one attached hydrogen (secondary N) is 1. The normalized spacial score (nSPS) is 15.7. The molecule has 0 aromatic heterocycles. The van der Waals surface area contributed by atoms with Crippen molar-refractivity contribution in [2.24, 2.45) is 0 Å². The lowest BCUT2D eigenvalue weighted by Gasteiger charge is -2.40. The summed E-state index contributed by atoms with van der Waals surface area (Å²) in [5, 5.41) is 3.68. The van der Waals surface area contributed by atoms with Gasteiger partial charge in [-0.15, -0.1) is 0 Å². The summed E-state index contributed by atoms with van der Waals surface area (Å²) in [5.74, 6) is -0.358. The van der Waals surface area contributed by atoms with Crippen molar-refractivity contribution in [2.75, 3.05) is 6.54 Å². The molecule has 2 nitrogen and oxygen atoms in total. The summed E-state index contributed by atoms with van der Waals surface area (Å²) in [6.45, 7) is 0.538. The van der Waals surface area contributed by atoms with Gasteiger partial charge in [0.25, 0.3) is 0 Å². The van der Waals surface area contributed by atoms with E-state index in [1.54, 1.807) is 18.2 Å². The maximum absolute atomic E-state index is 14.1. The first-order valence-corrected chi connectivity index (χ1v) is 8.27. The molecule has 1 N–H and O–H groups in total. The number of amides is 1. The van der Waals surface area contributed by atoms with Crippen LogP contribution in [0.2, 0.25) is 5.02 Å². The SMILES string of the molecule is O=C(NCCc1ccc(Cl)cc1)C1(c2ccccc2F)CCC1. The van der Waals surface area contributed by atoms with E-state index in [0.717, 1.165) is 18.4 Å². The van der Waals surface area contributed by atoms with E-state index in [4.69, 9.17) is 11.6 Å². The molecule has 2 aromatic carbocycles. The lowest BCUT2D eigenvalue weighted by Crippen LogP contribution is -2.50. The smallest absolute Gasteiger partial charge is 0.230 e. The molecule has 1 amide bonds. The Balaban J connectivity index is 1.64. The van der Waals surface area contributed by atoms with Crippen LogP contribution in [0.25, 0.3) is 0 Å². The molecule has 23 heavy (non-hydrogen) atoms. The Morgan fingerprint density at radius 1 is 1.13 bits per heavy atom. The van der Waals surface area contributed by atoms with Crippen LogP contribution in [0.5, 0.6) is 0 Å². The lowest BCUT2D eigenvalue weighted by molar-refractivity contribution is -0.130. The maximum atomic E-state index is 14.1. The molecule has 2 aromatic rings. The molecule has 1 aliphatic carbocycles. The van der Waals surface area contributed by atoms with Gasteiger partial charge in [0.15, 0.2) is 0 Å². The Labute approximate surface area is 140 Å². The molecule has 4 heteroatoms. The van der Waals surface area contributed by atoms with E-state index in [1.165, 1.54) is 6.07 Å². The molecule has 0 bridgehead atoms.